The number of unbranched alkanes of at least 4 members (excludes halogenated alkanes) is 1. The van der Waals surface area contributed by atoms with E-state index in [1.54, 1.807) is 19.9 Å². The normalized spacial score (nSPS) is 10.8. The van der Waals surface area contributed by atoms with Crippen molar-refractivity contribution in [1.82, 2.24) is 0 Å². The van der Waals surface area contributed by atoms with Gasteiger partial charge < -0.3 is 9.47 Å². The van der Waals surface area contributed by atoms with Crippen LogP contribution in [0.2, 0.25) is 0 Å². The first-order valence-corrected chi connectivity index (χ1v) is 10.6. The number of hydrogen-bond donors (Lipinski definition) is 0. The molecule has 4 heteroatoms. The Kier molecular flexibility index (Phi) is 7.23. The summed E-state index contributed by atoms with van der Waals surface area (Å²) in [5.74, 6) is -0.878. The summed E-state index contributed by atoms with van der Waals surface area (Å²) in [6.45, 7) is 6.26. The zero-order chi connectivity index (χ0) is 21.5. The minimum absolute atomic E-state index is 0.273. The summed E-state index contributed by atoms with van der Waals surface area (Å²) in [6, 6.07) is 17.8. The molecule has 0 unspecified atom stereocenters. The third kappa shape index (κ3) is 4.70. The number of rotatable bonds is 8. The van der Waals surface area contributed by atoms with Crippen molar-refractivity contribution < 1.29 is 19.1 Å². The second kappa shape index (κ2) is 10.1. The van der Waals surface area contributed by atoms with Gasteiger partial charge in [0.1, 0.15) is 0 Å². The van der Waals surface area contributed by atoms with E-state index in [1.807, 2.05) is 24.3 Å². The molecule has 0 fully saturated rings. The Morgan fingerprint density at radius 2 is 1.17 bits per heavy atom. The van der Waals surface area contributed by atoms with Crippen LogP contribution in [-0.2, 0) is 15.9 Å². The minimum Gasteiger partial charge on any atom is -0.462 e. The lowest BCUT2D eigenvalue weighted by molar-refractivity contribution is 0.0525. The lowest BCUT2D eigenvalue weighted by atomic mass is 10.0. The van der Waals surface area contributed by atoms with Crippen molar-refractivity contribution in [3.05, 3.63) is 71.3 Å². The summed E-state index contributed by atoms with van der Waals surface area (Å²) >= 11 is 0. The number of esters is 2. The van der Waals surface area contributed by atoms with E-state index in [9.17, 15) is 9.59 Å². The summed E-state index contributed by atoms with van der Waals surface area (Å²) in [5.41, 5.74) is 5.55. The maximum Gasteiger partial charge on any atom is 0.338 e. The van der Waals surface area contributed by atoms with Gasteiger partial charge in [0, 0.05) is 0 Å². The summed E-state index contributed by atoms with van der Waals surface area (Å²) < 4.78 is 10.4. The van der Waals surface area contributed by atoms with Crippen molar-refractivity contribution in [3.8, 4) is 22.3 Å². The Labute approximate surface area is 178 Å². The van der Waals surface area contributed by atoms with Crippen LogP contribution in [0.15, 0.2) is 54.6 Å². The fraction of sp³-hybridized carbons (Fsp3) is 0.308. The maximum absolute atomic E-state index is 12.5. The van der Waals surface area contributed by atoms with E-state index in [4.69, 9.17) is 9.47 Å². The molecule has 1 aromatic rings. The van der Waals surface area contributed by atoms with E-state index in [2.05, 4.69) is 31.2 Å². The van der Waals surface area contributed by atoms with Gasteiger partial charge in [-0.25, -0.2) is 9.59 Å². The van der Waals surface area contributed by atoms with Crippen LogP contribution < -0.4 is 0 Å². The number of carbonyl (C=O) groups is 2. The number of hydrogen-bond acceptors (Lipinski definition) is 4. The van der Waals surface area contributed by atoms with Crippen molar-refractivity contribution >= 4 is 11.9 Å². The number of fused-ring (bicyclic) bond motifs is 1. The monoisotopic (exact) mass is 404 g/mol. The molecule has 0 amide bonds. The van der Waals surface area contributed by atoms with E-state index < -0.39 is 11.9 Å². The van der Waals surface area contributed by atoms with E-state index >= 15 is 0 Å². The second-order valence-electron chi connectivity index (χ2n) is 7.16. The van der Waals surface area contributed by atoms with Crippen molar-refractivity contribution in [3.63, 3.8) is 0 Å². The number of aryl methyl sites for hydroxylation is 1. The summed E-state index contributed by atoms with van der Waals surface area (Å²) in [5, 5.41) is 0. The molecule has 2 aliphatic rings. The molecule has 4 nitrogen and oxygen atoms in total. The Balaban J connectivity index is 2.03. The zero-order valence-electron chi connectivity index (χ0n) is 17.9. The number of ether oxygens (including phenoxy) is 2. The van der Waals surface area contributed by atoms with Crippen LogP contribution in [0.25, 0.3) is 22.3 Å². The molecule has 0 spiro atoms. The molecule has 0 saturated heterocycles. The third-order valence-electron chi connectivity index (χ3n) is 5.12. The SMILES string of the molecule is CCCCc1ccc(-c2ccc3c(C(=O)OCC)cc(C(=O)OCC)c-3cc2)cc1. The van der Waals surface area contributed by atoms with Crippen LogP contribution >= 0.6 is 0 Å². The van der Waals surface area contributed by atoms with Crippen LogP contribution in [0.3, 0.4) is 0 Å². The molecule has 156 valence electrons. The molecule has 0 saturated carbocycles. The van der Waals surface area contributed by atoms with Gasteiger partial charge >= 0.3 is 11.9 Å². The standard InChI is InChI=1S/C26H28O4/c1-4-7-8-18-9-11-19(12-10-18)20-13-15-21-22(16-14-20)24(26(28)30-6-3)17-23(21)25(27)29-5-2/h9-17H,4-8H2,1-3H3. The number of benzene rings is 1. The lowest BCUT2D eigenvalue weighted by Crippen LogP contribution is -2.05. The lowest BCUT2D eigenvalue weighted by Gasteiger charge is -2.03. The highest BCUT2D eigenvalue weighted by molar-refractivity contribution is 6.08. The Bertz CT molecular complexity index is 936. The fourth-order valence-corrected chi connectivity index (χ4v) is 3.54. The second-order valence-corrected chi connectivity index (χ2v) is 7.16. The van der Waals surface area contributed by atoms with Crippen LogP contribution in [0.5, 0.6) is 0 Å². The summed E-state index contributed by atoms with van der Waals surface area (Å²) in [4.78, 5) is 24.9. The molecule has 30 heavy (non-hydrogen) atoms. The quantitative estimate of drug-likeness (QED) is 0.422. The summed E-state index contributed by atoms with van der Waals surface area (Å²) in [7, 11) is 0. The van der Waals surface area contributed by atoms with Gasteiger partial charge in [-0.3, -0.25) is 0 Å². The van der Waals surface area contributed by atoms with Crippen molar-refractivity contribution in [1.29, 1.82) is 0 Å². The van der Waals surface area contributed by atoms with Gasteiger partial charge in [-0.05, 0) is 60.6 Å². The smallest absolute Gasteiger partial charge is 0.338 e. The predicted molar refractivity (Wildman–Crippen MR) is 119 cm³/mol. The van der Waals surface area contributed by atoms with E-state index in [1.165, 1.54) is 18.4 Å². The van der Waals surface area contributed by atoms with Gasteiger partial charge in [0.25, 0.3) is 0 Å². The van der Waals surface area contributed by atoms with Gasteiger partial charge in [-0.15, -0.1) is 0 Å². The molecule has 0 aliphatic heterocycles. The van der Waals surface area contributed by atoms with Crippen molar-refractivity contribution in [2.24, 2.45) is 0 Å². The highest BCUT2D eigenvalue weighted by atomic mass is 16.5. The van der Waals surface area contributed by atoms with Gasteiger partial charge in [0.15, 0.2) is 0 Å². The van der Waals surface area contributed by atoms with Crippen LogP contribution in [-0.4, -0.2) is 25.2 Å². The van der Waals surface area contributed by atoms with Gasteiger partial charge in [0.2, 0.25) is 0 Å². The molecule has 3 rings (SSSR count). The molecule has 0 heterocycles. The summed E-state index contributed by atoms with van der Waals surface area (Å²) in [6.07, 6.45) is 3.44. The first-order valence-electron chi connectivity index (χ1n) is 10.6. The highest BCUT2D eigenvalue weighted by Gasteiger charge is 2.25. The third-order valence-corrected chi connectivity index (χ3v) is 5.12. The fourth-order valence-electron chi connectivity index (χ4n) is 3.54. The molecular weight excluding hydrogens is 376 g/mol. The molecule has 0 radical (unpaired) electrons. The molecular formula is C26H28O4. The average Bonchev–Trinajstić information content (AvgIpc) is 2.98. The van der Waals surface area contributed by atoms with E-state index in [0.29, 0.717) is 22.3 Å². The minimum atomic E-state index is -0.439. The first-order chi connectivity index (χ1) is 14.6. The predicted octanol–water partition coefficient (Wildman–Crippen LogP) is 6.15. The molecule has 2 aliphatic carbocycles. The Morgan fingerprint density at radius 1 is 0.700 bits per heavy atom. The van der Waals surface area contributed by atoms with E-state index in [0.717, 1.165) is 17.5 Å². The molecule has 0 aromatic heterocycles. The molecule has 1 aromatic carbocycles. The molecule has 0 N–H and O–H groups in total. The van der Waals surface area contributed by atoms with E-state index in [-0.39, 0.29) is 13.2 Å². The zero-order valence-corrected chi connectivity index (χ0v) is 17.9. The average molecular weight is 405 g/mol. The highest BCUT2D eigenvalue weighted by Crippen LogP contribution is 2.35. The topological polar surface area (TPSA) is 52.6 Å². The van der Waals surface area contributed by atoms with Crippen molar-refractivity contribution in [2.75, 3.05) is 13.2 Å². The maximum atomic E-state index is 12.5. The number of carbonyl (C=O) groups excluding carboxylic acids is 2. The van der Waals surface area contributed by atoms with Gasteiger partial charge in [-0.1, -0.05) is 61.9 Å². The van der Waals surface area contributed by atoms with Gasteiger partial charge in [-0.2, -0.15) is 0 Å². The largest absolute Gasteiger partial charge is 0.462 e. The van der Waals surface area contributed by atoms with Gasteiger partial charge in [0.05, 0.1) is 24.3 Å². The molecule has 0 atom stereocenters. The first kappa shape index (κ1) is 21.6. The Morgan fingerprint density at radius 3 is 1.60 bits per heavy atom. The van der Waals surface area contributed by atoms with Crippen molar-refractivity contribution in [2.45, 2.75) is 40.0 Å². The van der Waals surface area contributed by atoms with Crippen LogP contribution in [0, 0.1) is 0 Å². The molecule has 0 bridgehead atoms. The van der Waals surface area contributed by atoms with Crippen LogP contribution in [0.1, 0.15) is 59.9 Å². The van der Waals surface area contributed by atoms with Crippen LogP contribution in [0.4, 0.5) is 0 Å². The Hall–Kier alpha value is -3.14.